The number of nitrogens with zero attached hydrogens (tertiary/aromatic N) is 3. The van der Waals surface area contributed by atoms with E-state index in [9.17, 15) is 4.79 Å². The minimum atomic E-state index is -0.142. The second-order valence-electron chi connectivity index (χ2n) is 6.17. The zero-order valence-corrected chi connectivity index (χ0v) is 14.3. The number of fused-ring (bicyclic) bond motifs is 1. The van der Waals surface area contributed by atoms with Crippen molar-refractivity contribution in [3.05, 3.63) is 59.7 Å². The highest BCUT2D eigenvalue weighted by Crippen LogP contribution is 2.21. The van der Waals surface area contributed by atoms with Crippen LogP contribution in [0.3, 0.4) is 0 Å². The predicted octanol–water partition coefficient (Wildman–Crippen LogP) is 3.29. The van der Waals surface area contributed by atoms with E-state index in [1.807, 2.05) is 13.0 Å². The van der Waals surface area contributed by atoms with Crippen molar-refractivity contribution in [3.63, 3.8) is 0 Å². The van der Waals surface area contributed by atoms with E-state index in [0.29, 0.717) is 18.3 Å². The topological polar surface area (TPSA) is 59.8 Å². The van der Waals surface area contributed by atoms with Crippen molar-refractivity contribution in [2.45, 2.75) is 33.2 Å². The van der Waals surface area contributed by atoms with E-state index in [1.54, 1.807) is 18.3 Å². The Morgan fingerprint density at radius 3 is 2.79 bits per heavy atom. The Balaban J connectivity index is 1.67. The molecule has 5 nitrogen and oxygen atoms in total. The number of amides is 1. The van der Waals surface area contributed by atoms with Gasteiger partial charge in [-0.3, -0.25) is 9.78 Å². The number of pyridine rings is 1. The second kappa shape index (κ2) is 6.83. The van der Waals surface area contributed by atoms with Crippen molar-refractivity contribution in [3.8, 4) is 0 Å². The van der Waals surface area contributed by atoms with E-state index in [-0.39, 0.29) is 5.91 Å². The van der Waals surface area contributed by atoms with Gasteiger partial charge in [0.15, 0.2) is 0 Å². The summed E-state index contributed by atoms with van der Waals surface area (Å²) >= 11 is 0. The van der Waals surface area contributed by atoms with Gasteiger partial charge in [0.2, 0.25) is 0 Å². The predicted molar refractivity (Wildman–Crippen MR) is 95.1 cm³/mol. The molecule has 0 spiro atoms. The molecular formula is C19H22N4O. The number of benzene rings is 1. The molecule has 0 saturated carbocycles. The van der Waals surface area contributed by atoms with Gasteiger partial charge >= 0.3 is 0 Å². The number of carbonyl (C=O) groups is 1. The molecule has 0 bridgehead atoms. The van der Waals surface area contributed by atoms with Crippen LogP contribution in [0.25, 0.3) is 11.0 Å². The molecular weight excluding hydrogens is 300 g/mol. The minimum Gasteiger partial charge on any atom is -0.350 e. The first-order chi connectivity index (χ1) is 11.6. The summed E-state index contributed by atoms with van der Waals surface area (Å²) in [5, 5.41) is 2.90. The van der Waals surface area contributed by atoms with E-state index in [2.05, 4.69) is 51.9 Å². The number of hydrogen-bond donors (Lipinski definition) is 1. The molecule has 5 heteroatoms. The van der Waals surface area contributed by atoms with E-state index < -0.39 is 0 Å². The summed E-state index contributed by atoms with van der Waals surface area (Å²) in [5.41, 5.74) is 3.77. The smallest absolute Gasteiger partial charge is 0.269 e. The van der Waals surface area contributed by atoms with Gasteiger partial charge in [0, 0.05) is 18.8 Å². The van der Waals surface area contributed by atoms with Gasteiger partial charge < -0.3 is 9.88 Å². The molecule has 124 valence electrons. The third-order valence-corrected chi connectivity index (χ3v) is 4.04. The fourth-order valence-electron chi connectivity index (χ4n) is 2.98. The first-order valence-electron chi connectivity index (χ1n) is 8.23. The molecule has 1 aromatic carbocycles. The Morgan fingerprint density at radius 1 is 1.25 bits per heavy atom. The van der Waals surface area contributed by atoms with Crippen LogP contribution in [0.2, 0.25) is 0 Å². The average molecular weight is 322 g/mol. The molecule has 0 aliphatic heterocycles. The van der Waals surface area contributed by atoms with Crippen molar-refractivity contribution in [1.29, 1.82) is 0 Å². The van der Waals surface area contributed by atoms with Crippen LogP contribution in [0.1, 0.15) is 41.8 Å². The molecule has 0 atom stereocenters. The normalized spacial score (nSPS) is 11.2. The summed E-state index contributed by atoms with van der Waals surface area (Å²) < 4.78 is 2.24. The van der Waals surface area contributed by atoms with Crippen LogP contribution in [-0.2, 0) is 6.42 Å². The Labute approximate surface area is 141 Å². The maximum atomic E-state index is 12.0. The van der Waals surface area contributed by atoms with E-state index in [4.69, 9.17) is 0 Å². The molecule has 0 fully saturated rings. The summed E-state index contributed by atoms with van der Waals surface area (Å²) in [7, 11) is 0. The monoisotopic (exact) mass is 322 g/mol. The molecule has 0 aliphatic carbocycles. The van der Waals surface area contributed by atoms with Crippen LogP contribution in [0.15, 0.2) is 42.6 Å². The van der Waals surface area contributed by atoms with Crippen molar-refractivity contribution < 1.29 is 4.79 Å². The molecule has 3 rings (SSSR count). The lowest BCUT2D eigenvalue weighted by Gasteiger charge is -2.11. The zero-order chi connectivity index (χ0) is 17.1. The first-order valence-corrected chi connectivity index (χ1v) is 8.23. The SMILES string of the molecule is Cc1nc2cc(CCNC(=O)c3ccccn3)ccc2n1C(C)C. The Morgan fingerprint density at radius 2 is 2.08 bits per heavy atom. The highest BCUT2D eigenvalue weighted by Gasteiger charge is 2.11. The Bertz CT molecular complexity index is 852. The van der Waals surface area contributed by atoms with Gasteiger partial charge in [0.1, 0.15) is 11.5 Å². The van der Waals surface area contributed by atoms with Crippen molar-refractivity contribution in [2.75, 3.05) is 6.54 Å². The number of aromatic nitrogens is 3. The average Bonchev–Trinajstić information content (AvgIpc) is 2.90. The van der Waals surface area contributed by atoms with Gasteiger partial charge in [0.25, 0.3) is 5.91 Å². The standard InChI is InChI=1S/C19H22N4O/c1-13(2)23-14(3)22-17-12-15(7-8-18(17)23)9-11-21-19(24)16-6-4-5-10-20-16/h4-8,10,12-13H,9,11H2,1-3H3,(H,21,24). The van der Waals surface area contributed by atoms with E-state index in [1.165, 1.54) is 0 Å². The highest BCUT2D eigenvalue weighted by atomic mass is 16.1. The molecule has 3 aromatic rings. The molecule has 1 N–H and O–H groups in total. The maximum Gasteiger partial charge on any atom is 0.269 e. The van der Waals surface area contributed by atoms with Crippen molar-refractivity contribution in [1.82, 2.24) is 19.9 Å². The number of imidazole rings is 1. The fraction of sp³-hybridized carbons (Fsp3) is 0.316. The van der Waals surface area contributed by atoms with Gasteiger partial charge in [-0.1, -0.05) is 12.1 Å². The Hall–Kier alpha value is -2.69. The lowest BCUT2D eigenvalue weighted by molar-refractivity contribution is 0.0949. The summed E-state index contributed by atoms with van der Waals surface area (Å²) in [6, 6.07) is 12.0. The second-order valence-corrected chi connectivity index (χ2v) is 6.17. The lowest BCUT2D eigenvalue weighted by Crippen LogP contribution is -2.26. The summed E-state index contributed by atoms with van der Waals surface area (Å²) in [4.78, 5) is 20.7. The largest absolute Gasteiger partial charge is 0.350 e. The summed E-state index contributed by atoms with van der Waals surface area (Å²) in [5.74, 6) is 0.886. The van der Waals surface area contributed by atoms with Gasteiger partial charge in [0.05, 0.1) is 11.0 Å². The summed E-state index contributed by atoms with van der Waals surface area (Å²) in [6.07, 6.45) is 2.39. The van der Waals surface area contributed by atoms with Gasteiger partial charge in [-0.05, 0) is 57.0 Å². The van der Waals surface area contributed by atoms with Crippen LogP contribution >= 0.6 is 0 Å². The van der Waals surface area contributed by atoms with Gasteiger partial charge in [-0.25, -0.2) is 4.98 Å². The lowest BCUT2D eigenvalue weighted by atomic mass is 10.1. The third-order valence-electron chi connectivity index (χ3n) is 4.04. The van der Waals surface area contributed by atoms with Gasteiger partial charge in [-0.2, -0.15) is 0 Å². The molecule has 0 saturated heterocycles. The number of hydrogen-bond acceptors (Lipinski definition) is 3. The zero-order valence-electron chi connectivity index (χ0n) is 14.3. The Kier molecular flexibility index (Phi) is 4.60. The fourth-order valence-corrected chi connectivity index (χ4v) is 2.98. The number of aryl methyl sites for hydroxylation is 1. The molecule has 24 heavy (non-hydrogen) atoms. The molecule has 1 amide bonds. The molecule has 0 aliphatic rings. The van der Waals surface area contributed by atoms with Crippen molar-refractivity contribution in [2.24, 2.45) is 0 Å². The van der Waals surface area contributed by atoms with Crippen LogP contribution in [0.5, 0.6) is 0 Å². The molecule has 2 aromatic heterocycles. The van der Waals surface area contributed by atoms with Crippen LogP contribution < -0.4 is 5.32 Å². The quantitative estimate of drug-likeness (QED) is 0.784. The van der Waals surface area contributed by atoms with Crippen LogP contribution in [0.4, 0.5) is 0 Å². The molecule has 2 heterocycles. The number of carbonyl (C=O) groups excluding carboxylic acids is 1. The molecule has 0 radical (unpaired) electrons. The highest BCUT2D eigenvalue weighted by molar-refractivity contribution is 5.92. The third kappa shape index (κ3) is 3.30. The molecule has 0 unspecified atom stereocenters. The van der Waals surface area contributed by atoms with Crippen LogP contribution in [0, 0.1) is 6.92 Å². The summed E-state index contributed by atoms with van der Waals surface area (Å²) in [6.45, 7) is 6.93. The number of nitrogens with one attached hydrogen (secondary N) is 1. The van der Waals surface area contributed by atoms with Crippen LogP contribution in [-0.4, -0.2) is 27.0 Å². The first kappa shape index (κ1) is 16.2. The minimum absolute atomic E-state index is 0.142. The van der Waals surface area contributed by atoms with E-state index >= 15 is 0 Å². The van der Waals surface area contributed by atoms with E-state index in [0.717, 1.165) is 28.8 Å². The number of rotatable bonds is 5. The van der Waals surface area contributed by atoms with Gasteiger partial charge in [-0.15, -0.1) is 0 Å². The van der Waals surface area contributed by atoms with Crippen molar-refractivity contribution >= 4 is 16.9 Å². The maximum absolute atomic E-state index is 12.0.